The van der Waals surface area contributed by atoms with Crippen LogP contribution in [0.1, 0.15) is 43.0 Å². The van der Waals surface area contributed by atoms with Crippen LogP contribution in [0.5, 0.6) is 0 Å². The minimum atomic E-state index is -1.04. The van der Waals surface area contributed by atoms with Crippen LogP contribution in [-0.2, 0) is 19.1 Å². The summed E-state index contributed by atoms with van der Waals surface area (Å²) in [6.45, 7) is 1.66. The lowest BCUT2D eigenvalue weighted by atomic mass is 9.91. The van der Waals surface area contributed by atoms with Gasteiger partial charge < -0.3 is 19.5 Å². The molecule has 1 heterocycles. The van der Waals surface area contributed by atoms with Crippen molar-refractivity contribution in [1.29, 1.82) is 0 Å². The predicted molar refractivity (Wildman–Crippen MR) is 118 cm³/mol. The normalized spacial score (nSPS) is 20.0. The van der Waals surface area contributed by atoms with Gasteiger partial charge in [0.2, 0.25) is 5.91 Å². The zero-order valence-corrected chi connectivity index (χ0v) is 18.7. The fourth-order valence-corrected chi connectivity index (χ4v) is 4.16. The Hall–Kier alpha value is -2.12. The highest BCUT2D eigenvalue weighted by Gasteiger charge is 2.42. The lowest BCUT2D eigenvalue weighted by Gasteiger charge is -2.45. The molecule has 166 valence electrons. The summed E-state index contributed by atoms with van der Waals surface area (Å²) in [7, 11) is 0. The van der Waals surface area contributed by atoms with Gasteiger partial charge >= 0.3 is 5.97 Å². The average Bonchev–Trinajstić information content (AvgIpc) is 2.74. The molecule has 1 fully saturated rings. The third-order valence-electron chi connectivity index (χ3n) is 5.22. The van der Waals surface area contributed by atoms with Gasteiger partial charge in [-0.1, -0.05) is 60.8 Å². The van der Waals surface area contributed by atoms with Gasteiger partial charge in [0.1, 0.15) is 19.3 Å². The summed E-state index contributed by atoms with van der Waals surface area (Å²) < 4.78 is 11.4. The minimum Gasteiger partial charge on any atom is -0.480 e. The summed E-state index contributed by atoms with van der Waals surface area (Å²) in [5.41, 5.74) is 1.76. The Labute approximate surface area is 191 Å². The predicted octanol–water partition coefficient (Wildman–Crippen LogP) is 4.90. The molecule has 0 spiro atoms. The number of halogens is 2. The summed E-state index contributed by atoms with van der Waals surface area (Å²) in [6.07, 6.45) is 1.06. The summed E-state index contributed by atoms with van der Waals surface area (Å²) in [4.78, 5) is 25.8. The Morgan fingerprint density at radius 2 is 1.71 bits per heavy atom. The van der Waals surface area contributed by atoms with E-state index < -0.39 is 24.7 Å². The van der Waals surface area contributed by atoms with Crippen LogP contribution in [0.4, 0.5) is 0 Å². The van der Waals surface area contributed by atoms with E-state index in [0.29, 0.717) is 16.5 Å². The summed E-state index contributed by atoms with van der Waals surface area (Å²) >= 11 is 12.2. The average molecular weight is 466 g/mol. The number of ether oxygens (including phenoxy) is 2. The summed E-state index contributed by atoms with van der Waals surface area (Å²) in [6, 6.07) is 14.0. The van der Waals surface area contributed by atoms with Gasteiger partial charge in [-0.05, 0) is 41.8 Å². The Morgan fingerprint density at radius 3 is 2.26 bits per heavy atom. The first kappa shape index (κ1) is 23.5. The van der Waals surface area contributed by atoms with Crippen molar-refractivity contribution in [2.24, 2.45) is 0 Å². The maximum absolute atomic E-state index is 13.1. The molecule has 3 atom stereocenters. The Kier molecular flexibility index (Phi) is 8.32. The summed E-state index contributed by atoms with van der Waals surface area (Å²) in [5.74, 6) is -1.21. The molecule has 8 heteroatoms. The standard InChI is InChI=1S/C23H25Cl2NO5/c1-2-3-19(12-30-14-21(28)29)26-20(27)13-31-23(16-6-10-18(25)11-7-16)22(26)15-4-8-17(24)9-5-15/h4-11,19,22-23H,2-3,12-14H2,1H3,(H,28,29)/t19-,22+,23-/m0/s1. The number of carboxylic acids is 1. The van der Waals surface area contributed by atoms with Crippen molar-refractivity contribution in [2.45, 2.75) is 38.0 Å². The van der Waals surface area contributed by atoms with E-state index in [1.165, 1.54) is 0 Å². The Morgan fingerprint density at radius 1 is 1.13 bits per heavy atom. The number of morpholine rings is 1. The van der Waals surface area contributed by atoms with Gasteiger partial charge in [0, 0.05) is 10.0 Å². The Bertz CT molecular complexity index is 888. The maximum Gasteiger partial charge on any atom is 0.329 e. The van der Waals surface area contributed by atoms with Crippen LogP contribution in [0, 0.1) is 0 Å². The number of carboxylic acid groups (broad SMARTS) is 1. The van der Waals surface area contributed by atoms with Crippen molar-refractivity contribution < 1.29 is 24.2 Å². The second-order valence-corrected chi connectivity index (χ2v) is 8.30. The van der Waals surface area contributed by atoms with Gasteiger partial charge in [-0.25, -0.2) is 4.79 Å². The molecule has 0 saturated carbocycles. The van der Waals surface area contributed by atoms with Crippen molar-refractivity contribution in [2.75, 3.05) is 19.8 Å². The van der Waals surface area contributed by atoms with Crippen LogP contribution in [-0.4, -0.2) is 47.7 Å². The number of hydrogen-bond acceptors (Lipinski definition) is 4. The molecule has 0 aliphatic carbocycles. The molecule has 2 aromatic rings. The van der Waals surface area contributed by atoms with Crippen LogP contribution in [0.3, 0.4) is 0 Å². The first-order chi connectivity index (χ1) is 14.9. The lowest BCUT2D eigenvalue weighted by molar-refractivity contribution is -0.166. The topological polar surface area (TPSA) is 76.1 Å². The molecule has 3 rings (SSSR count). The van der Waals surface area contributed by atoms with Gasteiger partial charge in [-0.2, -0.15) is 0 Å². The number of benzene rings is 2. The van der Waals surface area contributed by atoms with E-state index in [0.717, 1.165) is 17.5 Å². The maximum atomic E-state index is 13.1. The second kappa shape index (κ2) is 11.0. The number of carbonyl (C=O) groups is 2. The summed E-state index contributed by atoms with van der Waals surface area (Å²) in [5, 5.41) is 10.1. The molecule has 1 saturated heterocycles. The van der Waals surface area contributed by atoms with E-state index >= 15 is 0 Å². The van der Waals surface area contributed by atoms with Gasteiger partial charge in [0.05, 0.1) is 18.7 Å². The number of nitrogens with zero attached hydrogens (tertiary/aromatic N) is 1. The third-order valence-corrected chi connectivity index (χ3v) is 5.73. The van der Waals surface area contributed by atoms with Crippen LogP contribution < -0.4 is 0 Å². The number of aliphatic carboxylic acids is 1. The van der Waals surface area contributed by atoms with E-state index in [4.69, 9.17) is 37.8 Å². The van der Waals surface area contributed by atoms with Gasteiger partial charge in [-0.15, -0.1) is 0 Å². The van der Waals surface area contributed by atoms with Crippen molar-refractivity contribution in [3.63, 3.8) is 0 Å². The zero-order chi connectivity index (χ0) is 22.4. The molecule has 6 nitrogen and oxygen atoms in total. The number of amides is 1. The molecular formula is C23H25Cl2NO5. The van der Waals surface area contributed by atoms with E-state index in [1.807, 2.05) is 31.2 Å². The molecule has 0 radical (unpaired) electrons. The molecule has 0 unspecified atom stereocenters. The lowest BCUT2D eigenvalue weighted by Crippen LogP contribution is -2.52. The molecule has 1 aliphatic rings. The fraction of sp³-hybridized carbons (Fsp3) is 0.391. The highest BCUT2D eigenvalue weighted by molar-refractivity contribution is 6.30. The second-order valence-electron chi connectivity index (χ2n) is 7.43. The monoisotopic (exact) mass is 465 g/mol. The van der Waals surface area contributed by atoms with Gasteiger partial charge in [-0.3, -0.25) is 4.79 Å². The SMILES string of the molecule is CCC[C@@H](COCC(=O)O)N1C(=O)CO[C@@H](c2ccc(Cl)cc2)[C@H]1c1ccc(Cl)cc1. The van der Waals surface area contributed by atoms with Crippen LogP contribution in [0.2, 0.25) is 10.0 Å². The van der Waals surface area contributed by atoms with Crippen molar-refractivity contribution in [1.82, 2.24) is 4.90 Å². The van der Waals surface area contributed by atoms with Crippen LogP contribution >= 0.6 is 23.2 Å². The molecule has 1 N–H and O–H groups in total. The van der Waals surface area contributed by atoms with Gasteiger partial charge in [0.15, 0.2) is 0 Å². The van der Waals surface area contributed by atoms with Crippen molar-refractivity contribution in [3.8, 4) is 0 Å². The molecule has 2 aromatic carbocycles. The zero-order valence-electron chi connectivity index (χ0n) is 17.2. The van der Waals surface area contributed by atoms with Gasteiger partial charge in [0.25, 0.3) is 0 Å². The van der Waals surface area contributed by atoms with E-state index in [9.17, 15) is 9.59 Å². The largest absolute Gasteiger partial charge is 0.480 e. The number of hydrogen-bond donors (Lipinski definition) is 1. The molecule has 31 heavy (non-hydrogen) atoms. The first-order valence-electron chi connectivity index (χ1n) is 10.1. The smallest absolute Gasteiger partial charge is 0.329 e. The molecule has 0 bridgehead atoms. The molecular weight excluding hydrogens is 441 g/mol. The van der Waals surface area contributed by atoms with E-state index in [2.05, 4.69) is 0 Å². The van der Waals surface area contributed by atoms with Crippen LogP contribution in [0.15, 0.2) is 48.5 Å². The van der Waals surface area contributed by atoms with Crippen molar-refractivity contribution >= 4 is 35.1 Å². The number of carbonyl (C=O) groups excluding carboxylic acids is 1. The third kappa shape index (κ3) is 5.98. The molecule has 1 amide bonds. The molecule has 1 aliphatic heterocycles. The van der Waals surface area contributed by atoms with Crippen LogP contribution in [0.25, 0.3) is 0 Å². The highest BCUT2D eigenvalue weighted by Crippen LogP contribution is 2.42. The quantitative estimate of drug-likeness (QED) is 0.569. The fourth-order valence-electron chi connectivity index (χ4n) is 3.90. The first-order valence-corrected chi connectivity index (χ1v) is 10.9. The number of rotatable bonds is 9. The molecule has 0 aromatic heterocycles. The highest BCUT2D eigenvalue weighted by atomic mass is 35.5. The Balaban J connectivity index is 2.01. The van der Waals surface area contributed by atoms with E-state index in [1.54, 1.807) is 29.2 Å². The van der Waals surface area contributed by atoms with E-state index in [-0.39, 0.29) is 25.2 Å². The van der Waals surface area contributed by atoms with Crippen molar-refractivity contribution in [3.05, 3.63) is 69.7 Å². The minimum absolute atomic E-state index is 0.0729.